The van der Waals surface area contributed by atoms with Crippen LogP contribution in [0.15, 0.2) is 24.3 Å². The van der Waals surface area contributed by atoms with Crippen molar-refractivity contribution in [2.24, 2.45) is 17.8 Å². The molecule has 116 valence electrons. The molecule has 0 heterocycles. The normalized spacial score (nSPS) is 25.9. The van der Waals surface area contributed by atoms with E-state index >= 15 is 0 Å². The minimum atomic E-state index is 0.179. The van der Waals surface area contributed by atoms with Gasteiger partial charge in [-0.15, -0.1) is 0 Å². The fraction of sp³-hybridized carbons (Fsp3) is 0.632. The highest BCUT2D eigenvalue weighted by Gasteiger charge is 2.32. The first kappa shape index (κ1) is 16.1. The molecule has 1 aromatic rings. The molecule has 1 aromatic carbocycles. The molecule has 0 spiro atoms. The zero-order chi connectivity index (χ0) is 15.4. The summed E-state index contributed by atoms with van der Waals surface area (Å²) >= 11 is 0. The maximum Gasteiger partial charge on any atom is 0.162 e. The molecular formula is C19H28O2. The van der Waals surface area contributed by atoms with Crippen molar-refractivity contribution in [1.29, 1.82) is 0 Å². The highest BCUT2D eigenvalue weighted by Crippen LogP contribution is 2.36. The molecule has 21 heavy (non-hydrogen) atoms. The van der Waals surface area contributed by atoms with E-state index in [2.05, 4.69) is 20.8 Å². The molecule has 0 amide bonds. The van der Waals surface area contributed by atoms with E-state index in [0.717, 1.165) is 23.7 Å². The second kappa shape index (κ2) is 7.11. The van der Waals surface area contributed by atoms with Crippen molar-refractivity contribution in [3.8, 4) is 5.75 Å². The van der Waals surface area contributed by atoms with Crippen molar-refractivity contribution in [2.45, 2.75) is 59.5 Å². The highest BCUT2D eigenvalue weighted by atomic mass is 16.5. The van der Waals surface area contributed by atoms with Crippen molar-refractivity contribution in [3.63, 3.8) is 0 Å². The summed E-state index contributed by atoms with van der Waals surface area (Å²) in [6.45, 7) is 8.78. The lowest BCUT2D eigenvalue weighted by molar-refractivity contribution is 0.0459. The van der Waals surface area contributed by atoms with Crippen LogP contribution in [0.2, 0.25) is 0 Å². The number of ketones is 1. The lowest BCUT2D eigenvalue weighted by Crippen LogP contribution is -2.36. The Balaban J connectivity index is 2.13. The Labute approximate surface area is 128 Å². The molecule has 0 bridgehead atoms. The Morgan fingerprint density at radius 1 is 1.33 bits per heavy atom. The maximum absolute atomic E-state index is 11.8. The van der Waals surface area contributed by atoms with E-state index in [1.54, 1.807) is 0 Å². The number of carbonyl (C=O) groups is 1. The van der Waals surface area contributed by atoms with Crippen molar-refractivity contribution in [1.82, 2.24) is 0 Å². The molecule has 0 aliphatic heterocycles. The van der Waals surface area contributed by atoms with Gasteiger partial charge in [-0.2, -0.15) is 0 Å². The van der Waals surface area contributed by atoms with Crippen LogP contribution in [0.5, 0.6) is 5.75 Å². The molecule has 1 fully saturated rings. The largest absolute Gasteiger partial charge is 0.490 e. The zero-order valence-corrected chi connectivity index (χ0v) is 13.8. The zero-order valence-electron chi connectivity index (χ0n) is 13.8. The Bertz CT molecular complexity index is 478. The van der Waals surface area contributed by atoms with Crippen molar-refractivity contribution >= 4 is 5.78 Å². The molecule has 2 rings (SSSR count). The summed E-state index contributed by atoms with van der Waals surface area (Å²) in [6.07, 6.45) is 4.49. The van der Waals surface area contributed by atoms with Crippen LogP contribution < -0.4 is 4.74 Å². The van der Waals surface area contributed by atoms with Crippen molar-refractivity contribution in [2.75, 3.05) is 0 Å². The monoisotopic (exact) mass is 288 g/mol. The third-order valence-electron chi connectivity index (χ3n) is 4.73. The molecule has 0 aromatic heterocycles. The van der Waals surface area contributed by atoms with Crippen LogP contribution >= 0.6 is 0 Å². The standard InChI is InChI=1S/C19H28O2/c1-5-18(20)15-7-6-8-16(12-15)21-19-11-14(4)9-10-17(19)13(2)3/h6-8,12-14,17,19H,5,9-11H2,1-4H3. The van der Waals surface area contributed by atoms with E-state index in [1.165, 1.54) is 12.8 Å². The lowest BCUT2D eigenvalue weighted by atomic mass is 9.75. The number of rotatable bonds is 5. The van der Waals surface area contributed by atoms with Gasteiger partial charge in [-0.1, -0.05) is 46.2 Å². The van der Waals surface area contributed by atoms with E-state index in [9.17, 15) is 4.79 Å². The Kier molecular flexibility index (Phi) is 5.44. The molecule has 1 aliphatic rings. The summed E-state index contributed by atoms with van der Waals surface area (Å²) in [5.74, 6) is 3.01. The maximum atomic E-state index is 11.8. The van der Waals surface area contributed by atoms with Crippen LogP contribution in [-0.4, -0.2) is 11.9 Å². The molecule has 0 radical (unpaired) electrons. The minimum absolute atomic E-state index is 0.179. The van der Waals surface area contributed by atoms with Gasteiger partial charge in [0, 0.05) is 12.0 Å². The second-order valence-corrected chi connectivity index (χ2v) is 6.79. The molecule has 0 N–H and O–H groups in total. The third kappa shape index (κ3) is 4.09. The molecule has 2 heteroatoms. The van der Waals surface area contributed by atoms with Crippen molar-refractivity contribution < 1.29 is 9.53 Å². The van der Waals surface area contributed by atoms with Crippen LogP contribution in [0.4, 0.5) is 0 Å². The first-order valence-electron chi connectivity index (χ1n) is 8.31. The van der Waals surface area contributed by atoms with Gasteiger partial charge in [-0.3, -0.25) is 4.79 Å². The Morgan fingerprint density at radius 3 is 2.76 bits per heavy atom. The molecule has 1 aliphatic carbocycles. The van der Waals surface area contributed by atoms with Gasteiger partial charge in [0.1, 0.15) is 11.9 Å². The summed E-state index contributed by atoms with van der Waals surface area (Å²) in [5, 5.41) is 0. The quantitative estimate of drug-likeness (QED) is 0.703. The van der Waals surface area contributed by atoms with E-state index in [1.807, 2.05) is 31.2 Å². The number of carbonyl (C=O) groups excluding carboxylic acids is 1. The van der Waals surface area contributed by atoms with Gasteiger partial charge < -0.3 is 4.74 Å². The summed E-state index contributed by atoms with van der Waals surface area (Å²) in [4.78, 5) is 11.8. The number of hydrogen-bond donors (Lipinski definition) is 0. The fourth-order valence-electron chi connectivity index (χ4n) is 3.37. The van der Waals surface area contributed by atoms with E-state index in [4.69, 9.17) is 4.74 Å². The SMILES string of the molecule is CCC(=O)c1cccc(OC2CC(C)CCC2C(C)C)c1. The van der Waals surface area contributed by atoms with E-state index in [-0.39, 0.29) is 11.9 Å². The highest BCUT2D eigenvalue weighted by molar-refractivity contribution is 5.96. The predicted octanol–water partition coefficient (Wildman–Crippen LogP) is 5.12. The van der Waals surface area contributed by atoms with Crippen LogP contribution in [0, 0.1) is 17.8 Å². The van der Waals surface area contributed by atoms with E-state index < -0.39 is 0 Å². The molecule has 2 nitrogen and oxygen atoms in total. The third-order valence-corrected chi connectivity index (χ3v) is 4.73. The van der Waals surface area contributed by atoms with Crippen LogP contribution in [-0.2, 0) is 0 Å². The first-order chi connectivity index (χ1) is 10.0. The van der Waals surface area contributed by atoms with Gasteiger partial charge in [-0.05, 0) is 42.7 Å². The number of benzene rings is 1. The second-order valence-electron chi connectivity index (χ2n) is 6.79. The molecule has 3 unspecified atom stereocenters. The average molecular weight is 288 g/mol. The number of Topliss-reactive ketones (excluding diaryl/α,β-unsaturated/α-hetero) is 1. The van der Waals surface area contributed by atoms with Gasteiger partial charge in [0.05, 0.1) is 0 Å². The topological polar surface area (TPSA) is 26.3 Å². The van der Waals surface area contributed by atoms with Crippen LogP contribution in [0.1, 0.15) is 63.7 Å². The molecule has 3 atom stereocenters. The van der Waals surface area contributed by atoms with Gasteiger partial charge >= 0.3 is 0 Å². The molecular weight excluding hydrogens is 260 g/mol. The smallest absolute Gasteiger partial charge is 0.162 e. The molecule has 0 saturated heterocycles. The van der Waals surface area contributed by atoms with E-state index in [0.29, 0.717) is 18.3 Å². The van der Waals surface area contributed by atoms with Gasteiger partial charge in [0.15, 0.2) is 5.78 Å². The van der Waals surface area contributed by atoms with Gasteiger partial charge in [0.25, 0.3) is 0 Å². The van der Waals surface area contributed by atoms with Gasteiger partial charge in [-0.25, -0.2) is 0 Å². The Hall–Kier alpha value is -1.31. The lowest BCUT2D eigenvalue weighted by Gasteiger charge is -2.37. The Morgan fingerprint density at radius 2 is 2.10 bits per heavy atom. The number of hydrogen-bond acceptors (Lipinski definition) is 2. The predicted molar refractivity (Wildman–Crippen MR) is 86.8 cm³/mol. The first-order valence-corrected chi connectivity index (χ1v) is 8.31. The van der Waals surface area contributed by atoms with Crippen molar-refractivity contribution in [3.05, 3.63) is 29.8 Å². The summed E-state index contributed by atoms with van der Waals surface area (Å²) in [7, 11) is 0. The molecule has 1 saturated carbocycles. The van der Waals surface area contributed by atoms with Crippen LogP contribution in [0.25, 0.3) is 0 Å². The average Bonchev–Trinajstić information content (AvgIpc) is 2.46. The summed E-state index contributed by atoms with van der Waals surface area (Å²) < 4.78 is 6.28. The van der Waals surface area contributed by atoms with Crippen LogP contribution in [0.3, 0.4) is 0 Å². The number of ether oxygens (including phenoxy) is 1. The minimum Gasteiger partial charge on any atom is -0.490 e. The van der Waals surface area contributed by atoms with Gasteiger partial charge in [0.2, 0.25) is 0 Å². The summed E-state index contributed by atoms with van der Waals surface area (Å²) in [5.41, 5.74) is 0.764. The summed E-state index contributed by atoms with van der Waals surface area (Å²) in [6, 6.07) is 7.68. The fourth-order valence-corrected chi connectivity index (χ4v) is 3.37.